The molecule has 0 N–H and O–H groups in total. The molecule has 0 saturated heterocycles. The fourth-order valence-electron chi connectivity index (χ4n) is 8.21. The number of carbonyl (C=O) groups excluding carboxylic acids is 2. The van der Waals surface area contributed by atoms with Crippen LogP contribution in [0.15, 0.2) is 200 Å². The maximum atomic E-state index is 15.0. The van der Waals surface area contributed by atoms with E-state index in [4.69, 9.17) is 27.8 Å². The van der Waals surface area contributed by atoms with Crippen LogP contribution in [0.3, 0.4) is 0 Å². The second kappa shape index (κ2) is 22.1. The van der Waals surface area contributed by atoms with Gasteiger partial charge in [0.2, 0.25) is 11.0 Å². The second-order valence-corrected chi connectivity index (χ2v) is 18.6. The van der Waals surface area contributed by atoms with Crippen molar-refractivity contribution in [2.45, 2.75) is 40.3 Å². The summed E-state index contributed by atoms with van der Waals surface area (Å²) in [5, 5.41) is 1.27. The van der Waals surface area contributed by atoms with Crippen LogP contribution >= 0.6 is 7.82 Å². The van der Waals surface area contributed by atoms with Gasteiger partial charge in [-0.2, -0.15) is 4.57 Å². The molecule has 0 fully saturated rings. The number of nitrogens with zero attached hydrogens (tertiary/aromatic N) is 1. The molecule has 0 amide bonds. The number of hydrogen-bond donors (Lipinski definition) is 0. The number of aryl methyl sites for hydroxylation is 3. The Kier molecular flexibility index (Phi) is 14.9. The lowest BCUT2D eigenvalue weighted by Crippen LogP contribution is -2.31. The zero-order chi connectivity index (χ0) is 49.2. The van der Waals surface area contributed by atoms with Crippen molar-refractivity contribution in [2.24, 2.45) is 7.05 Å². The number of phosphoric acid groups is 1. The van der Waals surface area contributed by atoms with E-state index in [0.29, 0.717) is 62.2 Å². The highest BCUT2D eigenvalue weighted by Crippen LogP contribution is 2.55. The first-order valence-electron chi connectivity index (χ1n) is 23.1. The number of benzene rings is 8. The molecule has 8 aromatic carbocycles. The summed E-state index contributed by atoms with van der Waals surface area (Å²) in [5.41, 5.74) is 8.02. The van der Waals surface area contributed by atoms with Crippen LogP contribution in [0, 0.1) is 13.8 Å². The molecule has 1 heterocycles. The number of ether oxygens (including phenoxy) is 3. The van der Waals surface area contributed by atoms with Crippen molar-refractivity contribution in [3.05, 3.63) is 256 Å². The van der Waals surface area contributed by atoms with Crippen molar-refractivity contribution < 1.29 is 46.5 Å². The third-order valence-electron chi connectivity index (χ3n) is 11.9. The number of carbonyl (C=O) groups is 2. The molecule has 9 aromatic rings. The number of hydrogen-bond acceptors (Lipinski definition) is 9. The Bertz CT molecular complexity index is 3330. The van der Waals surface area contributed by atoms with Crippen molar-refractivity contribution in [3.8, 4) is 11.5 Å². The highest BCUT2D eigenvalue weighted by molar-refractivity contribution is 7.48. The topological polar surface area (TPSA) is 110 Å². The maximum Gasteiger partial charge on any atom is 0.530 e. The molecule has 354 valence electrons. The molecule has 0 aliphatic carbocycles. The molecular weight excluding hydrogens is 910 g/mol. The van der Waals surface area contributed by atoms with E-state index in [1.54, 1.807) is 32.1 Å². The number of pyridine rings is 1. The Balaban J connectivity index is 1.08. The van der Waals surface area contributed by atoms with E-state index in [-0.39, 0.29) is 25.6 Å². The predicted octanol–water partition coefficient (Wildman–Crippen LogP) is 13.6. The monoisotopic (exact) mass is 960 g/mol. The van der Waals surface area contributed by atoms with Crippen molar-refractivity contribution >= 4 is 53.4 Å². The molecule has 0 unspecified atom stereocenters. The Labute approximate surface area is 412 Å². The van der Waals surface area contributed by atoms with Crippen molar-refractivity contribution in [1.82, 2.24) is 0 Å². The van der Waals surface area contributed by atoms with Gasteiger partial charge in [0, 0.05) is 17.7 Å². The minimum absolute atomic E-state index is 0.0439. The van der Waals surface area contributed by atoms with Crippen LogP contribution in [0.25, 0.3) is 33.6 Å². The minimum atomic E-state index is -4.38. The lowest BCUT2D eigenvalue weighted by Gasteiger charge is -2.21. The summed E-state index contributed by atoms with van der Waals surface area (Å²) in [7, 11) is -2.46. The Morgan fingerprint density at radius 3 is 1.61 bits per heavy atom. The molecule has 11 heteroatoms. The number of para-hydroxylation sites is 1. The highest BCUT2D eigenvalue weighted by Gasteiger charge is 2.32. The molecule has 10 nitrogen and oxygen atoms in total. The Hall–Kier alpha value is -8.14. The first kappa shape index (κ1) is 47.9. The fraction of sp³-hybridized carbons (Fsp3) is 0.117. The van der Waals surface area contributed by atoms with Gasteiger partial charge in [0.1, 0.15) is 37.5 Å². The summed E-state index contributed by atoms with van der Waals surface area (Å²) in [4.78, 5) is 27.8. The van der Waals surface area contributed by atoms with Crippen LogP contribution in [0.5, 0.6) is 11.5 Å². The van der Waals surface area contributed by atoms with Crippen LogP contribution < -0.4 is 14.0 Å². The SMILES string of the molecule is Cc1cc(C(=O)OCc2ccccc2)cc(C)c1OC(=O)c1c2ccccc2[n+](C)c2cc(/C(=C/c3ccc(OCc4ccccc4)cc3)OP(=O)(OCc3ccccc3)OCc3ccccc3)ccc12. The largest absolute Gasteiger partial charge is 0.530 e. The molecule has 0 spiro atoms. The molecule has 0 bridgehead atoms. The van der Waals surface area contributed by atoms with Gasteiger partial charge in [-0.3, -0.25) is 9.05 Å². The van der Waals surface area contributed by atoms with Gasteiger partial charge in [-0.1, -0.05) is 152 Å². The summed E-state index contributed by atoms with van der Waals surface area (Å²) in [6, 6.07) is 62.1. The summed E-state index contributed by atoms with van der Waals surface area (Å²) in [6.45, 7) is 4.04. The van der Waals surface area contributed by atoms with Crippen molar-refractivity contribution in [1.29, 1.82) is 0 Å². The van der Waals surface area contributed by atoms with E-state index in [1.165, 1.54) is 0 Å². The molecule has 0 atom stereocenters. The summed E-state index contributed by atoms with van der Waals surface area (Å²) in [6.07, 6.45) is 1.77. The van der Waals surface area contributed by atoms with Gasteiger partial charge < -0.3 is 18.7 Å². The average Bonchev–Trinajstić information content (AvgIpc) is 3.41. The molecule has 0 aliphatic rings. The lowest BCUT2D eigenvalue weighted by atomic mass is 9.99. The normalized spacial score (nSPS) is 11.6. The first-order chi connectivity index (χ1) is 34.6. The average molecular weight is 961 g/mol. The van der Waals surface area contributed by atoms with Crippen molar-refractivity contribution in [2.75, 3.05) is 0 Å². The fourth-order valence-corrected chi connectivity index (χ4v) is 9.40. The molecule has 1 aromatic heterocycles. The quantitative estimate of drug-likeness (QED) is 0.0158. The molecule has 71 heavy (non-hydrogen) atoms. The Morgan fingerprint density at radius 2 is 1.03 bits per heavy atom. The van der Waals surface area contributed by atoms with E-state index in [0.717, 1.165) is 33.3 Å². The zero-order valence-corrected chi connectivity index (χ0v) is 40.4. The minimum Gasteiger partial charge on any atom is -0.489 e. The predicted molar refractivity (Wildman–Crippen MR) is 275 cm³/mol. The van der Waals surface area contributed by atoms with Gasteiger partial charge in [-0.15, -0.1) is 0 Å². The number of esters is 2. The van der Waals surface area contributed by atoms with Crippen LogP contribution in [0.2, 0.25) is 0 Å². The van der Waals surface area contributed by atoms with Gasteiger partial charge in [0.25, 0.3) is 0 Å². The summed E-state index contributed by atoms with van der Waals surface area (Å²) < 4.78 is 53.7. The first-order valence-corrected chi connectivity index (χ1v) is 24.6. The van der Waals surface area contributed by atoms with Crippen LogP contribution in [-0.2, 0) is 56.3 Å². The maximum absolute atomic E-state index is 15.0. The van der Waals surface area contributed by atoms with E-state index < -0.39 is 19.8 Å². The van der Waals surface area contributed by atoms with Gasteiger partial charge in [-0.25, -0.2) is 14.2 Å². The van der Waals surface area contributed by atoms with Crippen LogP contribution in [0.4, 0.5) is 0 Å². The summed E-state index contributed by atoms with van der Waals surface area (Å²) >= 11 is 0. The Morgan fingerprint density at radius 1 is 0.521 bits per heavy atom. The van der Waals surface area contributed by atoms with Crippen molar-refractivity contribution in [3.63, 3.8) is 0 Å². The molecule has 0 aliphatic heterocycles. The number of phosphoric ester groups is 1. The van der Waals surface area contributed by atoms with Gasteiger partial charge in [0.15, 0.2) is 0 Å². The third kappa shape index (κ3) is 11.8. The lowest BCUT2D eigenvalue weighted by molar-refractivity contribution is -0.617. The zero-order valence-electron chi connectivity index (χ0n) is 39.5. The van der Waals surface area contributed by atoms with Crippen LogP contribution in [-0.4, -0.2) is 11.9 Å². The second-order valence-electron chi connectivity index (χ2n) is 17.0. The van der Waals surface area contributed by atoms with E-state index in [2.05, 4.69) is 0 Å². The van der Waals surface area contributed by atoms with E-state index in [9.17, 15) is 9.59 Å². The number of rotatable bonds is 18. The molecular formula is C60H51NO9P+. The number of aromatic nitrogens is 1. The molecule has 9 rings (SSSR count). The highest BCUT2D eigenvalue weighted by atomic mass is 31.2. The third-order valence-corrected chi connectivity index (χ3v) is 13.2. The van der Waals surface area contributed by atoms with E-state index >= 15 is 4.57 Å². The number of fused-ring (bicyclic) bond motifs is 2. The van der Waals surface area contributed by atoms with E-state index in [1.807, 2.05) is 200 Å². The molecule has 0 radical (unpaired) electrons. The van der Waals surface area contributed by atoms with Gasteiger partial charge in [0.05, 0.1) is 35.1 Å². The van der Waals surface area contributed by atoms with Gasteiger partial charge >= 0.3 is 19.8 Å². The summed E-state index contributed by atoms with van der Waals surface area (Å²) in [5.74, 6) is 0.141. The smallest absolute Gasteiger partial charge is 0.489 e. The van der Waals surface area contributed by atoms with Crippen LogP contribution in [0.1, 0.15) is 65.2 Å². The standard InChI is InChI=1S/C60H51NO9P/c1-42-34-50(59(62)66-39-46-20-10-5-11-21-46)35-43(2)58(42)69-60(63)57-52-26-16-17-27-54(52)61(3)55-37-49(30-33-53(55)57)56(36-44-28-31-51(32-29-44)65-38-45-18-8-4-9-19-45)70-71(64,67-40-47-22-12-6-13-23-47)68-41-48-24-14-7-15-25-48/h4-37H,38-41H2,1-3H3/q+1/b56-36-. The molecule has 0 saturated carbocycles. The van der Waals surface area contributed by atoms with Gasteiger partial charge in [-0.05, 0) is 95.3 Å².